The molecule has 3 aliphatic heterocycles. The van der Waals surface area contributed by atoms with E-state index in [4.69, 9.17) is 9.47 Å². The van der Waals surface area contributed by atoms with Gasteiger partial charge in [0, 0.05) is 6.54 Å². The SMILES string of the molecule is C=CCNC(=O)[C@H]1[C@@H]2C(=O)O[C@@H](c3ccccc3)[C@@H](c3ccccc3)N2[C@@H](c2ccc(O)cc2)[C@]12C(=O)N(C(=O)N[C@H](C(=O)OC)C(C)C)c1ccccc12. The van der Waals surface area contributed by atoms with Gasteiger partial charge in [-0.15, -0.1) is 6.58 Å². The van der Waals surface area contributed by atoms with Gasteiger partial charge in [-0.2, -0.15) is 0 Å². The van der Waals surface area contributed by atoms with Crippen LogP contribution < -0.4 is 15.5 Å². The van der Waals surface area contributed by atoms with Gasteiger partial charge < -0.3 is 25.2 Å². The molecule has 7 atom stereocenters. The summed E-state index contributed by atoms with van der Waals surface area (Å²) in [4.78, 5) is 75.6. The summed E-state index contributed by atoms with van der Waals surface area (Å²) in [6, 6.07) is 26.5. The predicted octanol–water partition coefficient (Wildman–Crippen LogP) is 5.27. The number of cyclic esters (lactones) is 1. The van der Waals surface area contributed by atoms with Crippen LogP contribution in [0.4, 0.5) is 10.5 Å². The Morgan fingerprint density at radius 3 is 2.11 bits per heavy atom. The van der Waals surface area contributed by atoms with Gasteiger partial charge in [0.2, 0.25) is 11.8 Å². The van der Waals surface area contributed by atoms with Crippen LogP contribution in [0, 0.1) is 11.8 Å². The molecular weight excluding hydrogens is 700 g/mol. The van der Waals surface area contributed by atoms with Crippen molar-refractivity contribution in [1.82, 2.24) is 15.5 Å². The van der Waals surface area contributed by atoms with E-state index in [1.165, 1.54) is 25.3 Å². The highest BCUT2D eigenvalue weighted by Gasteiger charge is 2.75. The van der Waals surface area contributed by atoms with Gasteiger partial charge >= 0.3 is 18.0 Å². The Morgan fingerprint density at radius 2 is 1.49 bits per heavy atom. The third kappa shape index (κ3) is 6.02. The van der Waals surface area contributed by atoms with Crippen molar-refractivity contribution in [2.45, 2.75) is 49.5 Å². The maximum atomic E-state index is 15.8. The van der Waals surface area contributed by atoms with E-state index in [0.717, 1.165) is 10.5 Å². The first-order valence-electron chi connectivity index (χ1n) is 18.1. The lowest BCUT2D eigenvalue weighted by molar-refractivity contribution is -0.178. The molecule has 7 rings (SSSR count). The Labute approximate surface area is 318 Å². The number of nitrogens with zero attached hydrogens (tertiary/aromatic N) is 2. The number of nitrogens with one attached hydrogen (secondary N) is 2. The second-order valence-corrected chi connectivity index (χ2v) is 14.2. The number of morpholine rings is 1. The Bertz CT molecular complexity index is 2130. The molecule has 2 fully saturated rings. The molecule has 3 aliphatic rings. The van der Waals surface area contributed by atoms with Crippen molar-refractivity contribution in [3.05, 3.63) is 144 Å². The van der Waals surface area contributed by atoms with Gasteiger partial charge in [-0.3, -0.25) is 19.3 Å². The monoisotopic (exact) mass is 742 g/mol. The van der Waals surface area contributed by atoms with E-state index in [2.05, 4.69) is 17.2 Å². The average Bonchev–Trinajstić information content (AvgIpc) is 3.66. The number of ether oxygens (including phenoxy) is 2. The van der Waals surface area contributed by atoms with Gasteiger partial charge in [0.1, 0.15) is 29.4 Å². The lowest BCUT2D eigenvalue weighted by Crippen LogP contribution is -2.57. The lowest BCUT2D eigenvalue weighted by atomic mass is 9.65. The number of para-hydroxylation sites is 1. The third-order valence-electron chi connectivity index (χ3n) is 10.9. The Balaban J connectivity index is 1.53. The number of rotatable bonds is 9. The normalized spacial score (nSPS) is 24.8. The minimum Gasteiger partial charge on any atom is -0.508 e. The molecule has 4 aromatic rings. The Hall–Kier alpha value is -6.27. The first kappa shape index (κ1) is 37.1. The number of hydrogen-bond donors (Lipinski definition) is 3. The number of esters is 2. The number of benzene rings is 4. The number of methoxy groups -OCH3 is 1. The first-order valence-corrected chi connectivity index (χ1v) is 18.1. The molecule has 1 spiro atoms. The van der Waals surface area contributed by atoms with Crippen LogP contribution in [-0.4, -0.2) is 65.5 Å². The molecule has 12 nitrogen and oxygen atoms in total. The molecule has 4 amide bonds. The van der Waals surface area contributed by atoms with E-state index in [1.54, 1.807) is 50.2 Å². The van der Waals surface area contributed by atoms with Crippen molar-refractivity contribution in [3.8, 4) is 5.75 Å². The molecule has 3 heterocycles. The van der Waals surface area contributed by atoms with E-state index >= 15 is 4.79 Å². The first-order chi connectivity index (χ1) is 26.6. The molecule has 282 valence electrons. The molecule has 0 radical (unpaired) electrons. The lowest BCUT2D eigenvalue weighted by Gasteiger charge is -2.46. The maximum absolute atomic E-state index is 15.8. The van der Waals surface area contributed by atoms with Crippen LogP contribution in [0.1, 0.15) is 54.3 Å². The highest BCUT2D eigenvalue weighted by atomic mass is 16.6. The molecule has 3 N–H and O–H groups in total. The fraction of sp³-hybridized carbons (Fsp3) is 0.279. The highest BCUT2D eigenvalue weighted by Crippen LogP contribution is 2.65. The minimum absolute atomic E-state index is 0.0288. The summed E-state index contributed by atoms with van der Waals surface area (Å²) in [5.41, 5.74) is 0.540. The van der Waals surface area contributed by atoms with Crippen molar-refractivity contribution in [2.75, 3.05) is 18.6 Å². The highest BCUT2D eigenvalue weighted by molar-refractivity contribution is 6.25. The summed E-state index contributed by atoms with van der Waals surface area (Å²) in [6.07, 6.45) is 0.617. The van der Waals surface area contributed by atoms with Crippen LogP contribution >= 0.6 is 0 Å². The standard InChI is InChI=1S/C43H42N4O8/c1-5-24-44-38(49)32-35-40(51)55-36(27-16-10-7-11-17-27)34(26-14-8-6-9-15-26)47(35)37(28-20-22-29(48)23-21-28)43(32)30-18-12-13-19-31(30)46(41(43)52)42(53)45-33(25(2)3)39(50)54-4/h5-23,25,32-37,48H,1,24H2,2-4H3,(H,44,49)(H,45,53)/t32-,33+,34-,35-,36+,37+,43-/m1/s1. The van der Waals surface area contributed by atoms with E-state index in [-0.39, 0.29) is 18.0 Å². The molecule has 2 saturated heterocycles. The molecule has 12 heteroatoms. The number of phenolic OH excluding ortho intramolecular Hbond substituents is 1. The molecule has 0 unspecified atom stereocenters. The zero-order chi connectivity index (χ0) is 39.0. The van der Waals surface area contributed by atoms with Crippen molar-refractivity contribution in [2.24, 2.45) is 11.8 Å². The van der Waals surface area contributed by atoms with Gasteiger partial charge in [0.25, 0.3) is 0 Å². The third-order valence-corrected chi connectivity index (χ3v) is 10.9. The van der Waals surface area contributed by atoms with Crippen molar-refractivity contribution in [3.63, 3.8) is 0 Å². The van der Waals surface area contributed by atoms with E-state index in [9.17, 15) is 24.3 Å². The number of hydrogen-bond acceptors (Lipinski definition) is 9. The number of anilines is 1. The summed E-state index contributed by atoms with van der Waals surface area (Å²) < 4.78 is 11.4. The molecule has 4 aromatic carbocycles. The minimum atomic E-state index is -1.93. The van der Waals surface area contributed by atoms with Crippen molar-refractivity contribution < 1.29 is 38.6 Å². The number of aromatic hydroxyl groups is 1. The summed E-state index contributed by atoms with van der Waals surface area (Å²) in [6.45, 7) is 7.25. The largest absolute Gasteiger partial charge is 0.508 e. The number of urea groups is 1. The van der Waals surface area contributed by atoms with Gasteiger partial charge in [0.15, 0.2) is 0 Å². The molecule has 0 aliphatic carbocycles. The van der Waals surface area contributed by atoms with Crippen LogP contribution in [0.5, 0.6) is 5.75 Å². The molecule has 55 heavy (non-hydrogen) atoms. The number of amides is 4. The second kappa shape index (κ2) is 14.9. The summed E-state index contributed by atoms with van der Waals surface area (Å²) in [5, 5.41) is 16.0. The van der Waals surface area contributed by atoms with Crippen LogP contribution in [-0.2, 0) is 34.1 Å². The zero-order valence-corrected chi connectivity index (χ0v) is 30.6. The number of carbonyl (C=O) groups is 5. The molecule has 0 aromatic heterocycles. The fourth-order valence-corrected chi connectivity index (χ4v) is 8.63. The summed E-state index contributed by atoms with van der Waals surface area (Å²) in [7, 11) is 1.21. The topological polar surface area (TPSA) is 155 Å². The Morgan fingerprint density at radius 1 is 0.873 bits per heavy atom. The number of carbonyl (C=O) groups excluding carboxylic acids is 5. The smallest absolute Gasteiger partial charge is 0.329 e. The zero-order valence-electron chi connectivity index (χ0n) is 30.6. The Kier molecular flexibility index (Phi) is 10.0. The van der Waals surface area contributed by atoms with Crippen LogP contribution in [0.3, 0.4) is 0 Å². The number of fused-ring (bicyclic) bond motifs is 3. The van der Waals surface area contributed by atoms with Crippen LogP contribution in [0.2, 0.25) is 0 Å². The van der Waals surface area contributed by atoms with Gasteiger partial charge in [0.05, 0.1) is 30.8 Å². The maximum Gasteiger partial charge on any atom is 0.329 e. The fourth-order valence-electron chi connectivity index (χ4n) is 8.63. The molecule has 0 bridgehead atoms. The summed E-state index contributed by atoms with van der Waals surface area (Å²) in [5.74, 6) is -4.71. The van der Waals surface area contributed by atoms with E-state index in [1.807, 2.05) is 65.6 Å². The molecular formula is C43H42N4O8. The predicted molar refractivity (Wildman–Crippen MR) is 202 cm³/mol. The summed E-state index contributed by atoms with van der Waals surface area (Å²) >= 11 is 0. The van der Waals surface area contributed by atoms with Crippen LogP contribution in [0.25, 0.3) is 0 Å². The van der Waals surface area contributed by atoms with Crippen molar-refractivity contribution in [1.29, 1.82) is 0 Å². The second-order valence-electron chi connectivity index (χ2n) is 14.2. The van der Waals surface area contributed by atoms with E-state index in [0.29, 0.717) is 16.7 Å². The number of phenols is 1. The van der Waals surface area contributed by atoms with Crippen molar-refractivity contribution >= 4 is 35.5 Å². The van der Waals surface area contributed by atoms with Gasteiger partial charge in [-0.25, -0.2) is 14.5 Å². The van der Waals surface area contributed by atoms with Gasteiger partial charge in [-0.05, 0) is 46.4 Å². The molecule has 0 saturated carbocycles. The van der Waals surface area contributed by atoms with Gasteiger partial charge in [-0.1, -0.05) is 111 Å². The van der Waals surface area contributed by atoms with Crippen LogP contribution in [0.15, 0.2) is 122 Å². The number of imide groups is 1. The quantitative estimate of drug-likeness (QED) is 0.154. The average molecular weight is 743 g/mol. The van der Waals surface area contributed by atoms with E-state index < -0.39 is 77.3 Å².